The van der Waals surface area contributed by atoms with Crippen molar-refractivity contribution in [3.63, 3.8) is 0 Å². The molecule has 3 aromatic carbocycles. The third-order valence-corrected chi connectivity index (χ3v) is 5.94. The first kappa shape index (κ1) is 24.7. The Labute approximate surface area is 207 Å². The SMILES string of the molecule is CCc1ccc(N2C(=O)C(=O)/C(=C(/O)c3cc(F)ccc3OC)C2c2ccc(OC(C)=O)cc2)cc1. The Morgan fingerprint density at radius 3 is 2.28 bits per heavy atom. The summed E-state index contributed by atoms with van der Waals surface area (Å²) in [5, 5.41) is 11.3. The first-order chi connectivity index (χ1) is 17.2. The molecule has 184 valence electrons. The maximum absolute atomic E-state index is 14.1. The highest BCUT2D eigenvalue weighted by atomic mass is 19.1. The molecule has 4 rings (SSSR count). The second-order valence-electron chi connectivity index (χ2n) is 8.20. The normalized spacial score (nSPS) is 16.8. The molecule has 0 spiro atoms. The van der Waals surface area contributed by atoms with Gasteiger partial charge in [0.1, 0.15) is 23.1 Å². The molecule has 0 aromatic heterocycles. The van der Waals surface area contributed by atoms with Gasteiger partial charge in [0.25, 0.3) is 11.7 Å². The van der Waals surface area contributed by atoms with Crippen molar-refractivity contribution in [1.82, 2.24) is 0 Å². The lowest BCUT2D eigenvalue weighted by molar-refractivity contribution is -0.132. The van der Waals surface area contributed by atoms with E-state index in [9.17, 15) is 23.9 Å². The standard InChI is InChI=1S/C28H24FNO6/c1-4-17-5-10-20(11-6-17)30-25(18-7-12-21(13-8-18)36-16(2)31)24(27(33)28(30)34)26(32)22-15-19(29)9-14-23(22)35-3/h5-15,25,32H,4H2,1-3H3/b26-24+. The summed E-state index contributed by atoms with van der Waals surface area (Å²) in [6, 6.07) is 15.9. The Balaban J connectivity index is 1.93. The van der Waals surface area contributed by atoms with Gasteiger partial charge in [0.15, 0.2) is 0 Å². The summed E-state index contributed by atoms with van der Waals surface area (Å²) in [4.78, 5) is 39.2. The van der Waals surface area contributed by atoms with Gasteiger partial charge in [-0.15, -0.1) is 0 Å². The highest BCUT2D eigenvalue weighted by Gasteiger charge is 2.47. The molecular weight excluding hydrogens is 465 g/mol. The van der Waals surface area contributed by atoms with E-state index in [1.807, 2.05) is 19.1 Å². The summed E-state index contributed by atoms with van der Waals surface area (Å²) in [6.07, 6.45) is 0.791. The number of hydrogen-bond acceptors (Lipinski definition) is 6. The number of esters is 1. The van der Waals surface area contributed by atoms with Crippen LogP contribution in [0.3, 0.4) is 0 Å². The van der Waals surface area contributed by atoms with Gasteiger partial charge in [0, 0.05) is 12.6 Å². The van der Waals surface area contributed by atoms with Gasteiger partial charge in [0.2, 0.25) is 0 Å². The number of aliphatic hydroxyl groups is 1. The van der Waals surface area contributed by atoms with Crippen LogP contribution in [-0.4, -0.2) is 29.9 Å². The van der Waals surface area contributed by atoms with Crippen LogP contribution in [0, 0.1) is 5.82 Å². The molecule has 1 heterocycles. The Bertz CT molecular complexity index is 1360. The number of carbonyl (C=O) groups is 3. The topological polar surface area (TPSA) is 93.1 Å². The van der Waals surface area contributed by atoms with E-state index in [4.69, 9.17) is 9.47 Å². The molecule has 1 N–H and O–H groups in total. The molecule has 3 aromatic rings. The summed E-state index contributed by atoms with van der Waals surface area (Å²) in [6.45, 7) is 3.27. The molecule has 7 nitrogen and oxygen atoms in total. The second-order valence-corrected chi connectivity index (χ2v) is 8.20. The molecule has 1 aliphatic rings. The molecule has 8 heteroatoms. The average Bonchev–Trinajstić information content (AvgIpc) is 3.14. The van der Waals surface area contributed by atoms with Crippen LogP contribution < -0.4 is 14.4 Å². The molecule has 1 unspecified atom stereocenters. The van der Waals surface area contributed by atoms with E-state index in [-0.39, 0.29) is 22.6 Å². The molecule has 0 aliphatic carbocycles. The lowest BCUT2D eigenvalue weighted by Gasteiger charge is -2.26. The molecule has 1 atom stereocenters. The fourth-order valence-electron chi connectivity index (χ4n) is 4.20. The van der Waals surface area contributed by atoms with Gasteiger partial charge in [-0.2, -0.15) is 0 Å². The zero-order valence-corrected chi connectivity index (χ0v) is 19.9. The van der Waals surface area contributed by atoms with Gasteiger partial charge in [0.05, 0.1) is 24.3 Å². The van der Waals surface area contributed by atoms with Crippen LogP contribution in [0.4, 0.5) is 10.1 Å². The number of rotatable bonds is 6. The number of ketones is 1. The number of amides is 1. The van der Waals surface area contributed by atoms with Gasteiger partial charge < -0.3 is 14.6 Å². The molecule has 1 amide bonds. The van der Waals surface area contributed by atoms with Gasteiger partial charge >= 0.3 is 5.97 Å². The maximum atomic E-state index is 14.1. The second kappa shape index (κ2) is 10.0. The first-order valence-electron chi connectivity index (χ1n) is 11.3. The third-order valence-electron chi connectivity index (χ3n) is 5.94. The molecule has 1 saturated heterocycles. The highest BCUT2D eigenvalue weighted by Crippen LogP contribution is 2.43. The zero-order valence-electron chi connectivity index (χ0n) is 19.9. The molecule has 1 fully saturated rings. The summed E-state index contributed by atoms with van der Waals surface area (Å²) in [5.74, 6) is -3.06. The predicted molar refractivity (Wildman–Crippen MR) is 131 cm³/mol. The number of halogens is 1. The van der Waals surface area contributed by atoms with Crippen LogP contribution in [0.2, 0.25) is 0 Å². The number of aryl methyl sites for hydroxylation is 1. The summed E-state index contributed by atoms with van der Waals surface area (Å²) < 4.78 is 24.4. The van der Waals surface area contributed by atoms with Gasteiger partial charge in [-0.3, -0.25) is 19.3 Å². The number of anilines is 1. The van der Waals surface area contributed by atoms with Gasteiger partial charge in [-0.05, 0) is 60.0 Å². The van der Waals surface area contributed by atoms with Crippen LogP contribution >= 0.6 is 0 Å². The Morgan fingerprint density at radius 2 is 1.69 bits per heavy atom. The van der Waals surface area contributed by atoms with Crippen molar-refractivity contribution < 1.29 is 33.4 Å². The molecular formula is C28H24FNO6. The van der Waals surface area contributed by atoms with Crippen molar-refractivity contribution in [3.05, 3.63) is 94.8 Å². The highest BCUT2D eigenvalue weighted by molar-refractivity contribution is 6.51. The van der Waals surface area contributed by atoms with Crippen molar-refractivity contribution in [3.8, 4) is 11.5 Å². The van der Waals surface area contributed by atoms with Crippen LogP contribution in [0.5, 0.6) is 11.5 Å². The van der Waals surface area contributed by atoms with Crippen LogP contribution in [0.25, 0.3) is 5.76 Å². The monoisotopic (exact) mass is 489 g/mol. The maximum Gasteiger partial charge on any atom is 0.308 e. The van der Waals surface area contributed by atoms with Crippen LogP contribution in [0.1, 0.15) is 36.6 Å². The molecule has 0 radical (unpaired) electrons. The van der Waals surface area contributed by atoms with E-state index >= 15 is 0 Å². The minimum Gasteiger partial charge on any atom is -0.507 e. The minimum absolute atomic E-state index is 0.0571. The number of nitrogens with zero attached hydrogens (tertiary/aromatic N) is 1. The Hall–Kier alpha value is -4.46. The first-order valence-corrected chi connectivity index (χ1v) is 11.3. The van der Waals surface area contributed by atoms with Crippen molar-refractivity contribution in [2.75, 3.05) is 12.0 Å². The van der Waals surface area contributed by atoms with Gasteiger partial charge in [-0.1, -0.05) is 31.2 Å². The van der Waals surface area contributed by atoms with E-state index in [0.717, 1.165) is 24.1 Å². The van der Waals surface area contributed by atoms with Crippen LogP contribution in [-0.2, 0) is 20.8 Å². The molecule has 0 bridgehead atoms. The van der Waals surface area contributed by atoms with Crippen molar-refractivity contribution in [1.29, 1.82) is 0 Å². The number of benzene rings is 3. The molecule has 0 saturated carbocycles. The largest absolute Gasteiger partial charge is 0.507 e. The van der Waals surface area contributed by atoms with Crippen molar-refractivity contribution in [2.24, 2.45) is 0 Å². The zero-order chi connectivity index (χ0) is 26.0. The third kappa shape index (κ3) is 4.57. The van der Waals surface area contributed by atoms with E-state index in [1.54, 1.807) is 24.3 Å². The lowest BCUT2D eigenvalue weighted by Crippen LogP contribution is -2.29. The summed E-state index contributed by atoms with van der Waals surface area (Å²) >= 11 is 0. The quantitative estimate of drug-likeness (QED) is 0.173. The van der Waals surface area contributed by atoms with Gasteiger partial charge in [-0.25, -0.2) is 4.39 Å². The van der Waals surface area contributed by atoms with Crippen molar-refractivity contribution >= 4 is 29.1 Å². The fraction of sp³-hybridized carbons (Fsp3) is 0.179. The predicted octanol–water partition coefficient (Wildman–Crippen LogP) is 4.95. The minimum atomic E-state index is -1.03. The smallest absolute Gasteiger partial charge is 0.308 e. The summed E-state index contributed by atoms with van der Waals surface area (Å²) in [7, 11) is 1.35. The number of Topliss-reactive ketones (excluding diaryl/α,β-unsaturated/α-hetero) is 1. The number of ether oxygens (including phenoxy) is 2. The van der Waals surface area contributed by atoms with E-state index in [1.165, 1.54) is 37.1 Å². The molecule has 1 aliphatic heterocycles. The number of methoxy groups -OCH3 is 1. The molecule has 36 heavy (non-hydrogen) atoms. The number of carbonyl (C=O) groups excluding carboxylic acids is 3. The fourth-order valence-corrected chi connectivity index (χ4v) is 4.20. The average molecular weight is 489 g/mol. The lowest BCUT2D eigenvalue weighted by atomic mass is 9.94. The van der Waals surface area contributed by atoms with E-state index in [2.05, 4.69) is 0 Å². The van der Waals surface area contributed by atoms with Crippen molar-refractivity contribution in [2.45, 2.75) is 26.3 Å². The van der Waals surface area contributed by atoms with E-state index < -0.39 is 35.3 Å². The van der Waals surface area contributed by atoms with E-state index in [0.29, 0.717) is 11.3 Å². The summed E-state index contributed by atoms with van der Waals surface area (Å²) in [5.41, 5.74) is 1.69. The van der Waals surface area contributed by atoms with Crippen LogP contribution in [0.15, 0.2) is 72.3 Å². The Morgan fingerprint density at radius 1 is 1.03 bits per heavy atom. The Kier molecular flexibility index (Phi) is 6.87. The number of aliphatic hydroxyl groups excluding tert-OH is 1. The number of hydrogen-bond donors (Lipinski definition) is 1.